The number of aliphatic carboxylic acids is 1. The lowest BCUT2D eigenvalue weighted by Crippen LogP contribution is -2.52. The van der Waals surface area contributed by atoms with Crippen LogP contribution < -0.4 is 10.1 Å². The van der Waals surface area contributed by atoms with Gasteiger partial charge < -0.3 is 15.2 Å². The van der Waals surface area contributed by atoms with Crippen molar-refractivity contribution in [3.05, 3.63) is 64.4 Å². The molecule has 1 atom stereocenters. The molecule has 0 heterocycles. The normalized spacial score (nSPS) is 12.9. The quantitative estimate of drug-likeness (QED) is 0.771. The molecule has 7 heteroatoms. The number of nitrogens with one attached hydrogen (secondary N) is 1. The van der Waals surface area contributed by atoms with Crippen LogP contribution in [0.4, 0.5) is 4.39 Å². The van der Waals surface area contributed by atoms with Crippen LogP contribution in [0, 0.1) is 5.82 Å². The summed E-state index contributed by atoms with van der Waals surface area (Å²) in [5.74, 6) is -2.23. The van der Waals surface area contributed by atoms with Crippen molar-refractivity contribution < 1.29 is 23.8 Å². The number of carbonyl (C=O) groups excluding carboxylic acids is 1. The summed E-state index contributed by atoms with van der Waals surface area (Å²) in [6.07, 6.45) is -0.0315. The second kappa shape index (κ2) is 8.19. The van der Waals surface area contributed by atoms with Crippen molar-refractivity contribution in [2.75, 3.05) is 7.11 Å². The second-order valence-corrected chi connectivity index (χ2v) is 6.20. The van der Waals surface area contributed by atoms with E-state index in [-0.39, 0.29) is 18.6 Å². The number of carboxylic acid groups (broad SMARTS) is 1. The number of halogens is 2. The van der Waals surface area contributed by atoms with Crippen LogP contribution in [0.1, 0.15) is 24.5 Å². The van der Waals surface area contributed by atoms with Gasteiger partial charge in [-0.2, -0.15) is 0 Å². The van der Waals surface area contributed by atoms with E-state index in [0.717, 1.165) is 0 Å². The zero-order valence-electron chi connectivity index (χ0n) is 14.4. The number of carboxylic acids is 1. The molecule has 0 radical (unpaired) electrons. The highest BCUT2D eigenvalue weighted by Gasteiger charge is 2.40. The molecule has 2 aromatic carbocycles. The molecule has 0 aliphatic rings. The molecule has 0 saturated carbocycles. The van der Waals surface area contributed by atoms with E-state index in [2.05, 4.69) is 5.32 Å². The topological polar surface area (TPSA) is 75.6 Å². The molecule has 0 aliphatic carbocycles. The van der Waals surface area contributed by atoms with Gasteiger partial charge in [-0.3, -0.25) is 4.79 Å². The number of carbonyl (C=O) groups is 2. The predicted octanol–water partition coefficient (Wildman–Crippen LogP) is 3.54. The zero-order valence-corrected chi connectivity index (χ0v) is 15.1. The first kappa shape index (κ1) is 19.7. The maximum Gasteiger partial charge on any atom is 0.334 e. The van der Waals surface area contributed by atoms with Crippen LogP contribution in [0.5, 0.6) is 5.75 Å². The fourth-order valence-electron chi connectivity index (χ4n) is 2.71. The van der Waals surface area contributed by atoms with Crippen LogP contribution in [-0.4, -0.2) is 24.1 Å². The average molecular weight is 380 g/mol. The number of amides is 1. The summed E-state index contributed by atoms with van der Waals surface area (Å²) in [6.45, 7) is 1.66. The first-order chi connectivity index (χ1) is 12.3. The predicted molar refractivity (Wildman–Crippen MR) is 95.9 cm³/mol. The summed E-state index contributed by atoms with van der Waals surface area (Å²) in [4.78, 5) is 24.4. The van der Waals surface area contributed by atoms with Crippen molar-refractivity contribution in [3.8, 4) is 5.75 Å². The Labute approximate surface area is 155 Å². The maximum atomic E-state index is 13.8. The van der Waals surface area contributed by atoms with Crippen molar-refractivity contribution in [1.29, 1.82) is 0 Å². The van der Waals surface area contributed by atoms with Gasteiger partial charge in [-0.1, -0.05) is 36.7 Å². The average Bonchev–Trinajstić information content (AvgIpc) is 2.60. The van der Waals surface area contributed by atoms with Crippen LogP contribution in [0.2, 0.25) is 5.02 Å². The molecule has 2 aromatic rings. The van der Waals surface area contributed by atoms with Crippen LogP contribution in [-0.2, 0) is 21.5 Å². The number of benzene rings is 2. The molecule has 1 amide bonds. The van der Waals surface area contributed by atoms with E-state index in [1.165, 1.54) is 19.2 Å². The number of hydrogen-bond acceptors (Lipinski definition) is 3. The summed E-state index contributed by atoms with van der Waals surface area (Å²) in [5.41, 5.74) is -0.773. The molecule has 0 spiro atoms. The highest BCUT2D eigenvalue weighted by molar-refractivity contribution is 6.30. The van der Waals surface area contributed by atoms with Crippen LogP contribution in [0.3, 0.4) is 0 Å². The Bertz CT molecular complexity index is 810. The van der Waals surface area contributed by atoms with Crippen molar-refractivity contribution in [2.24, 2.45) is 0 Å². The lowest BCUT2D eigenvalue weighted by molar-refractivity contribution is -0.148. The van der Waals surface area contributed by atoms with E-state index in [0.29, 0.717) is 16.1 Å². The molecule has 1 unspecified atom stereocenters. The van der Waals surface area contributed by atoms with Gasteiger partial charge in [-0.25, -0.2) is 9.18 Å². The monoisotopic (exact) mass is 379 g/mol. The van der Waals surface area contributed by atoms with Gasteiger partial charge in [-0.05, 0) is 41.8 Å². The molecule has 5 nitrogen and oxygen atoms in total. The smallest absolute Gasteiger partial charge is 0.334 e. The molecule has 0 saturated heterocycles. The maximum absolute atomic E-state index is 13.8. The molecule has 0 aromatic heterocycles. The Morgan fingerprint density at radius 3 is 2.38 bits per heavy atom. The van der Waals surface area contributed by atoms with E-state index < -0.39 is 23.2 Å². The number of ether oxygens (including phenoxy) is 1. The van der Waals surface area contributed by atoms with E-state index in [4.69, 9.17) is 16.3 Å². The lowest BCUT2D eigenvalue weighted by atomic mass is 9.87. The Morgan fingerprint density at radius 1 is 1.23 bits per heavy atom. The number of rotatable bonds is 7. The van der Waals surface area contributed by atoms with Crippen molar-refractivity contribution in [1.82, 2.24) is 5.32 Å². The lowest BCUT2D eigenvalue weighted by Gasteiger charge is -2.30. The Balaban J connectivity index is 2.25. The fraction of sp³-hybridized carbons (Fsp3) is 0.263. The third-order valence-corrected chi connectivity index (χ3v) is 4.42. The molecular formula is C19H19ClFNO4. The summed E-state index contributed by atoms with van der Waals surface area (Å²) < 4.78 is 18.6. The summed E-state index contributed by atoms with van der Waals surface area (Å²) in [7, 11) is 1.35. The standard InChI is InChI=1S/C19H19ClFNO4/c1-3-19(18(24)25,13-5-7-14(20)8-6-13)22-17(23)11-12-4-9-16(26-2)15(21)10-12/h4-10H,3,11H2,1-2H3,(H,22,23)(H,24,25). The highest BCUT2D eigenvalue weighted by atomic mass is 35.5. The number of hydrogen-bond donors (Lipinski definition) is 2. The van der Waals surface area contributed by atoms with Gasteiger partial charge in [0.1, 0.15) is 0 Å². The summed E-state index contributed by atoms with van der Waals surface area (Å²) >= 11 is 5.86. The second-order valence-electron chi connectivity index (χ2n) is 5.76. The van der Waals surface area contributed by atoms with Gasteiger partial charge >= 0.3 is 5.97 Å². The SMILES string of the molecule is CCC(NC(=O)Cc1ccc(OC)c(F)c1)(C(=O)O)c1ccc(Cl)cc1. The first-order valence-electron chi connectivity index (χ1n) is 7.95. The van der Waals surface area contributed by atoms with Crippen molar-refractivity contribution >= 4 is 23.5 Å². The highest BCUT2D eigenvalue weighted by Crippen LogP contribution is 2.27. The number of methoxy groups -OCH3 is 1. The van der Waals surface area contributed by atoms with Crippen LogP contribution >= 0.6 is 11.6 Å². The molecule has 0 fully saturated rings. The van der Waals surface area contributed by atoms with E-state index in [1.54, 1.807) is 37.3 Å². The molecule has 0 bridgehead atoms. The Kier molecular flexibility index (Phi) is 6.21. The third-order valence-electron chi connectivity index (χ3n) is 4.17. The minimum absolute atomic E-state index is 0.0729. The molecule has 26 heavy (non-hydrogen) atoms. The largest absolute Gasteiger partial charge is 0.494 e. The third kappa shape index (κ3) is 4.14. The Morgan fingerprint density at radius 2 is 1.88 bits per heavy atom. The van der Waals surface area contributed by atoms with Crippen molar-refractivity contribution in [3.63, 3.8) is 0 Å². The fourth-order valence-corrected chi connectivity index (χ4v) is 2.84. The molecule has 0 aliphatic heterocycles. The van der Waals surface area contributed by atoms with Gasteiger partial charge in [0.25, 0.3) is 0 Å². The summed E-state index contributed by atoms with van der Waals surface area (Å²) in [5, 5.41) is 12.8. The molecule has 2 rings (SSSR count). The van der Waals surface area contributed by atoms with Crippen molar-refractivity contribution in [2.45, 2.75) is 25.3 Å². The van der Waals surface area contributed by atoms with E-state index in [9.17, 15) is 19.1 Å². The summed E-state index contributed by atoms with van der Waals surface area (Å²) in [6, 6.07) is 10.4. The molecule has 138 valence electrons. The van der Waals surface area contributed by atoms with Gasteiger partial charge in [0.2, 0.25) is 5.91 Å². The molecular weight excluding hydrogens is 361 g/mol. The molecule has 2 N–H and O–H groups in total. The van der Waals surface area contributed by atoms with E-state index in [1.807, 2.05) is 0 Å². The van der Waals surface area contributed by atoms with Crippen LogP contribution in [0.25, 0.3) is 0 Å². The first-order valence-corrected chi connectivity index (χ1v) is 8.33. The van der Waals surface area contributed by atoms with Gasteiger partial charge in [-0.15, -0.1) is 0 Å². The Hall–Kier alpha value is -2.60. The van der Waals surface area contributed by atoms with Gasteiger partial charge in [0.15, 0.2) is 17.1 Å². The van der Waals surface area contributed by atoms with E-state index >= 15 is 0 Å². The van der Waals surface area contributed by atoms with Crippen LogP contribution in [0.15, 0.2) is 42.5 Å². The van der Waals surface area contributed by atoms with Gasteiger partial charge in [0.05, 0.1) is 13.5 Å². The zero-order chi connectivity index (χ0) is 19.3. The minimum atomic E-state index is -1.59. The van der Waals surface area contributed by atoms with Gasteiger partial charge in [0, 0.05) is 5.02 Å². The minimum Gasteiger partial charge on any atom is -0.494 e.